The van der Waals surface area contributed by atoms with Gasteiger partial charge >= 0.3 is 0 Å². The van der Waals surface area contributed by atoms with Crippen molar-refractivity contribution < 1.29 is 9.90 Å². The van der Waals surface area contributed by atoms with Gasteiger partial charge in [0.25, 0.3) is 0 Å². The molecule has 1 aromatic rings. The van der Waals surface area contributed by atoms with Gasteiger partial charge in [-0.25, -0.2) is 4.68 Å². The summed E-state index contributed by atoms with van der Waals surface area (Å²) in [7, 11) is 0. The maximum atomic E-state index is 11.9. The van der Waals surface area contributed by atoms with Gasteiger partial charge in [0.2, 0.25) is 5.91 Å². The summed E-state index contributed by atoms with van der Waals surface area (Å²) in [5.74, 6) is 0.608. The minimum absolute atomic E-state index is 0.0553. The summed E-state index contributed by atoms with van der Waals surface area (Å²) in [6.45, 7) is 1.98. The van der Waals surface area contributed by atoms with Crippen molar-refractivity contribution in [2.75, 3.05) is 19.7 Å². The summed E-state index contributed by atoms with van der Waals surface area (Å²) in [5, 5.41) is 19.5. The molecular formula is C10H17N5O2. The third-order valence-corrected chi connectivity index (χ3v) is 3.19. The summed E-state index contributed by atoms with van der Waals surface area (Å²) in [4.78, 5) is 13.7. The molecule has 2 heterocycles. The first-order chi connectivity index (χ1) is 8.29. The fourth-order valence-corrected chi connectivity index (χ4v) is 2.14. The van der Waals surface area contributed by atoms with Crippen LogP contribution in [0.1, 0.15) is 19.3 Å². The van der Waals surface area contributed by atoms with E-state index in [2.05, 4.69) is 15.5 Å². The maximum absolute atomic E-state index is 11.9. The second-order valence-corrected chi connectivity index (χ2v) is 4.34. The number of amides is 1. The van der Waals surface area contributed by atoms with Crippen molar-refractivity contribution >= 4 is 5.91 Å². The van der Waals surface area contributed by atoms with Gasteiger partial charge in [-0.1, -0.05) is 0 Å². The van der Waals surface area contributed by atoms with Gasteiger partial charge in [0.1, 0.15) is 12.9 Å². The summed E-state index contributed by atoms with van der Waals surface area (Å²) in [5.41, 5.74) is 0. The maximum Gasteiger partial charge on any atom is 0.244 e. The lowest BCUT2D eigenvalue weighted by atomic mass is 9.94. The lowest BCUT2D eigenvalue weighted by molar-refractivity contribution is -0.133. The lowest BCUT2D eigenvalue weighted by Gasteiger charge is -2.31. The smallest absolute Gasteiger partial charge is 0.244 e. The zero-order valence-electron chi connectivity index (χ0n) is 9.70. The van der Waals surface area contributed by atoms with E-state index in [4.69, 9.17) is 5.11 Å². The predicted molar refractivity (Wildman–Crippen MR) is 58.8 cm³/mol. The summed E-state index contributed by atoms with van der Waals surface area (Å²) >= 11 is 0. The van der Waals surface area contributed by atoms with E-state index < -0.39 is 0 Å². The molecule has 7 heteroatoms. The SMILES string of the molecule is O=C(Cn1cnnn1)N1CCC(CCO)CC1. The van der Waals surface area contributed by atoms with Crippen LogP contribution >= 0.6 is 0 Å². The van der Waals surface area contributed by atoms with Gasteiger partial charge in [-0.15, -0.1) is 5.10 Å². The molecule has 94 valence electrons. The Kier molecular flexibility index (Phi) is 4.03. The van der Waals surface area contributed by atoms with Crippen LogP contribution < -0.4 is 0 Å². The third kappa shape index (κ3) is 3.23. The Balaban J connectivity index is 1.78. The molecule has 0 saturated carbocycles. The Labute approximate surface area is 99.4 Å². The normalized spacial score (nSPS) is 17.4. The minimum Gasteiger partial charge on any atom is -0.396 e. The fraction of sp³-hybridized carbons (Fsp3) is 0.800. The molecule has 17 heavy (non-hydrogen) atoms. The molecule has 1 aromatic heterocycles. The number of carbonyl (C=O) groups excluding carboxylic acids is 1. The fourth-order valence-electron chi connectivity index (χ4n) is 2.14. The van der Waals surface area contributed by atoms with E-state index in [1.807, 2.05) is 4.90 Å². The molecule has 0 aromatic carbocycles. The number of piperidine rings is 1. The molecule has 0 bridgehead atoms. The summed E-state index contributed by atoms with van der Waals surface area (Å²) in [6, 6.07) is 0. The second-order valence-electron chi connectivity index (χ2n) is 4.34. The standard InChI is InChI=1S/C10H17N5O2/c16-6-3-9-1-4-14(5-2-9)10(17)7-15-8-11-12-13-15/h8-9,16H,1-7H2. The number of carbonyl (C=O) groups is 1. The zero-order valence-corrected chi connectivity index (χ0v) is 9.70. The van der Waals surface area contributed by atoms with E-state index in [9.17, 15) is 4.79 Å². The Bertz CT molecular complexity index is 346. The van der Waals surface area contributed by atoms with Crippen LogP contribution in [0.5, 0.6) is 0 Å². The Morgan fingerprint density at radius 3 is 2.76 bits per heavy atom. The Hall–Kier alpha value is -1.50. The van der Waals surface area contributed by atoms with Crippen molar-refractivity contribution in [3.8, 4) is 0 Å². The first-order valence-electron chi connectivity index (χ1n) is 5.89. The molecule has 0 unspecified atom stereocenters. The molecule has 0 aliphatic carbocycles. The van der Waals surface area contributed by atoms with Crippen LogP contribution in [0, 0.1) is 5.92 Å². The molecule has 1 aliphatic rings. The molecule has 1 saturated heterocycles. The van der Waals surface area contributed by atoms with E-state index in [0.29, 0.717) is 5.92 Å². The van der Waals surface area contributed by atoms with Crippen LogP contribution in [-0.4, -0.2) is 55.8 Å². The average Bonchev–Trinajstić information content (AvgIpc) is 2.83. The molecule has 0 radical (unpaired) electrons. The highest BCUT2D eigenvalue weighted by atomic mass is 16.3. The van der Waals surface area contributed by atoms with Crippen molar-refractivity contribution in [3.05, 3.63) is 6.33 Å². The van der Waals surface area contributed by atoms with Gasteiger partial charge in [0.15, 0.2) is 0 Å². The minimum atomic E-state index is 0.0553. The predicted octanol–water partition coefficient (Wildman–Crippen LogP) is -0.706. The van der Waals surface area contributed by atoms with Gasteiger partial charge in [-0.2, -0.15) is 0 Å². The van der Waals surface area contributed by atoms with E-state index >= 15 is 0 Å². The molecule has 0 spiro atoms. The van der Waals surface area contributed by atoms with Crippen LogP contribution in [0.4, 0.5) is 0 Å². The monoisotopic (exact) mass is 239 g/mol. The van der Waals surface area contributed by atoms with Crippen LogP contribution in [0.2, 0.25) is 0 Å². The molecule has 1 fully saturated rings. The van der Waals surface area contributed by atoms with Gasteiger partial charge < -0.3 is 10.0 Å². The van der Waals surface area contributed by atoms with Crippen molar-refractivity contribution in [3.63, 3.8) is 0 Å². The lowest BCUT2D eigenvalue weighted by Crippen LogP contribution is -2.40. The zero-order chi connectivity index (χ0) is 12.1. The molecule has 7 nitrogen and oxygen atoms in total. The molecule has 1 aliphatic heterocycles. The number of aliphatic hydroxyl groups is 1. The van der Waals surface area contributed by atoms with Crippen LogP contribution in [0.3, 0.4) is 0 Å². The van der Waals surface area contributed by atoms with Crippen molar-refractivity contribution in [1.29, 1.82) is 0 Å². The second kappa shape index (κ2) is 5.72. The highest BCUT2D eigenvalue weighted by Gasteiger charge is 2.22. The average molecular weight is 239 g/mol. The van der Waals surface area contributed by atoms with Gasteiger partial charge in [-0.05, 0) is 35.6 Å². The van der Waals surface area contributed by atoms with Crippen LogP contribution in [-0.2, 0) is 11.3 Å². The van der Waals surface area contributed by atoms with E-state index in [1.54, 1.807) is 0 Å². The number of aliphatic hydroxyl groups excluding tert-OH is 1. The highest BCUT2D eigenvalue weighted by Crippen LogP contribution is 2.20. The molecular weight excluding hydrogens is 222 g/mol. The first-order valence-corrected chi connectivity index (χ1v) is 5.89. The molecule has 0 atom stereocenters. The largest absolute Gasteiger partial charge is 0.396 e. The number of aromatic nitrogens is 4. The molecule has 2 rings (SSSR count). The molecule has 1 amide bonds. The van der Waals surface area contributed by atoms with Gasteiger partial charge in [-0.3, -0.25) is 4.79 Å². The third-order valence-electron chi connectivity index (χ3n) is 3.19. The van der Waals surface area contributed by atoms with Gasteiger partial charge in [0.05, 0.1) is 0 Å². The number of nitrogens with zero attached hydrogens (tertiary/aromatic N) is 5. The van der Waals surface area contributed by atoms with Crippen LogP contribution in [0.25, 0.3) is 0 Å². The molecule has 1 N–H and O–H groups in total. The quantitative estimate of drug-likeness (QED) is 0.750. The van der Waals surface area contributed by atoms with Crippen molar-refractivity contribution in [2.45, 2.75) is 25.8 Å². The van der Waals surface area contributed by atoms with E-state index in [-0.39, 0.29) is 19.1 Å². The number of tetrazole rings is 1. The van der Waals surface area contributed by atoms with Gasteiger partial charge in [0, 0.05) is 19.7 Å². The number of rotatable bonds is 4. The topological polar surface area (TPSA) is 84.1 Å². The van der Waals surface area contributed by atoms with Crippen molar-refractivity contribution in [1.82, 2.24) is 25.1 Å². The van der Waals surface area contributed by atoms with Crippen LogP contribution in [0.15, 0.2) is 6.33 Å². The van der Waals surface area contributed by atoms with E-state index in [0.717, 1.165) is 32.4 Å². The number of hydrogen-bond acceptors (Lipinski definition) is 5. The number of likely N-dealkylation sites (tertiary alicyclic amines) is 1. The highest BCUT2D eigenvalue weighted by molar-refractivity contribution is 5.75. The summed E-state index contributed by atoms with van der Waals surface area (Å²) in [6.07, 6.45) is 4.23. The number of hydrogen-bond donors (Lipinski definition) is 1. The summed E-state index contributed by atoms with van der Waals surface area (Å²) < 4.78 is 1.43. The Morgan fingerprint density at radius 2 is 2.18 bits per heavy atom. The van der Waals surface area contributed by atoms with Crippen molar-refractivity contribution in [2.24, 2.45) is 5.92 Å². The Morgan fingerprint density at radius 1 is 1.41 bits per heavy atom. The van der Waals surface area contributed by atoms with E-state index in [1.165, 1.54) is 11.0 Å². The first kappa shape index (κ1) is 12.0.